The topological polar surface area (TPSA) is 43.7 Å². The number of phenols is 2. The quantitative estimate of drug-likeness (QED) is 0.721. The summed E-state index contributed by atoms with van der Waals surface area (Å²) in [5.74, 6) is 0.628. The van der Waals surface area contributed by atoms with Gasteiger partial charge in [-0.2, -0.15) is 0 Å². The van der Waals surface area contributed by atoms with E-state index in [0.29, 0.717) is 11.5 Å². The van der Waals surface area contributed by atoms with E-state index in [1.54, 1.807) is 12.1 Å². The molecule has 2 aliphatic heterocycles. The van der Waals surface area contributed by atoms with Crippen LogP contribution in [0.3, 0.4) is 0 Å². The van der Waals surface area contributed by atoms with Crippen LogP contribution in [0.1, 0.15) is 28.3 Å². The first-order chi connectivity index (χ1) is 9.74. The van der Waals surface area contributed by atoms with Gasteiger partial charge in [0.2, 0.25) is 0 Å². The molecule has 0 saturated heterocycles. The zero-order chi connectivity index (χ0) is 13.7. The average molecular weight is 267 g/mol. The molecule has 0 aliphatic carbocycles. The van der Waals surface area contributed by atoms with Crippen LogP contribution in [0.5, 0.6) is 11.5 Å². The minimum atomic E-state index is 0.181. The Morgan fingerprint density at radius 2 is 1.70 bits per heavy atom. The van der Waals surface area contributed by atoms with E-state index in [2.05, 4.69) is 29.2 Å². The molecule has 0 fully saturated rings. The van der Waals surface area contributed by atoms with Gasteiger partial charge in [0.05, 0.1) is 0 Å². The van der Waals surface area contributed by atoms with E-state index in [4.69, 9.17) is 0 Å². The van der Waals surface area contributed by atoms with Gasteiger partial charge in [-0.05, 0) is 36.1 Å². The third kappa shape index (κ3) is 1.63. The lowest BCUT2D eigenvalue weighted by Crippen LogP contribution is -2.39. The highest BCUT2D eigenvalue weighted by atomic mass is 16.3. The lowest BCUT2D eigenvalue weighted by Gasteiger charge is -2.41. The minimum absolute atomic E-state index is 0.181. The molecule has 20 heavy (non-hydrogen) atoms. The van der Waals surface area contributed by atoms with Crippen LogP contribution in [0.15, 0.2) is 36.4 Å². The number of rotatable bonds is 0. The summed E-state index contributed by atoms with van der Waals surface area (Å²) in [6.45, 7) is 1.86. The fourth-order valence-electron chi connectivity index (χ4n) is 3.63. The van der Waals surface area contributed by atoms with E-state index in [9.17, 15) is 10.2 Å². The summed E-state index contributed by atoms with van der Waals surface area (Å²) >= 11 is 0. The van der Waals surface area contributed by atoms with Crippen molar-refractivity contribution in [1.82, 2.24) is 4.90 Å². The van der Waals surface area contributed by atoms with Gasteiger partial charge < -0.3 is 10.2 Å². The van der Waals surface area contributed by atoms with Gasteiger partial charge in [-0.25, -0.2) is 0 Å². The zero-order valence-electron chi connectivity index (χ0n) is 11.2. The summed E-state index contributed by atoms with van der Waals surface area (Å²) in [6.07, 6.45) is 1.70. The second-order valence-corrected chi connectivity index (χ2v) is 5.71. The van der Waals surface area contributed by atoms with E-state index < -0.39 is 0 Å². The Bertz CT molecular complexity index is 681. The maximum absolute atomic E-state index is 10.2. The van der Waals surface area contributed by atoms with E-state index in [0.717, 1.165) is 37.1 Å². The molecular weight excluding hydrogens is 250 g/mol. The summed E-state index contributed by atoms with van der Waals surface area (Å²) in [4.78, 5) is 2.41. The van der Waals surface area contributed by atoms with Crippen molar-refractivity contribution in [3.05, 3.63) is 58.7 Å². The molecule has 1 atom stereocenters. The highest BCUT2D eigenvalue weighted by molar-refractivity contribution is 5.51. The van der Waals surface area contributed by atoms with Crippen LogP contribution >= 0.6 is 0 Å². The van der Waals surface area contributed by atoms with Crippen molar-refractivity contribution in [3.63, 3.8) is 0 Å². The number of nitrogens with zero attached hydrogens (tertiary/aromatic N) is 1. The molecule has 0 spiro atoms. The number of phenolic OH excluding ortho intramolecular Hbond substituents is 2. The standard InChI is InChI=1S/C17H17NO2/c19-15-5-6-16(20)17-13(15)7-8-18-10-12-4-2-1-3-11(12)9-14(17)18/h1-6,14,19-20H,7-10H2. The minimum Gasteiger partial charge on any atom is -0.508 e. The summed E-state index contributed by atoms with van der Waals surface area (Å²) in [6, 6.07) is 11.9. The third-order valence-corrected chi connectivity index (χ3v) is 4.64. The molecule has 0 saturated carbocycles. The molecule has 3 nitrogen and oxygen atoms in total. The van der Waals surface area contributed by atoms with Crippen LogP contribution in [0.2, 0.25) is 0 Å². The number of benzene rings is 2. The maximum Gasteiger partial charge on any atom is 0.120 e. The van der Waals surface area contributed by atoms with Gasteiger partial charge in [0, 0.05) is 30.3 Å². The normalized spacial score (nSPS) is 20.9. The van der Waals surface area contributed by atoms with Crippen LogP contribution in [-0.2, 0) is 19.4 Å². The molecule has 2 aromatic rings. The molecule has 0 radical (unpaired) electrons. The monoisotopic (exact) mass is 267 g/mol. The van der Waals surface area contributed by atoms with Crippen molar-refractivity contribution in [1.29, 1.82) is 0 Å². The van der Waals surface area contributed by atoms with Crippen molar-refractivity contribution in [2.24, 2.45) is 0 Å². The van der Waals surface area contributed by atoms with Gasteiger partial charge in [0.1, 0.15) is 11.5 Å². The Hall–Kier alpha value is -2.00. The lowest BCUT2D eigenvalue weighted by molar-refractivity contribution is 0.156. The zero-order valence-corrected chi connectivity index (χ0v) is 11.2. The molecule has 0 amide bonds. The fraction of sp³-hybridized carbons (Fsp3) is 0.294. The Morgan fingerprint density at radius 1 is 0.950 bits per heavy atom. The van der Waals surface area contributed by atoms with Gasteiger partial charge >= 0.3 is 0 Å². The van der Waals surface area contributed by atoms with Crippen molar-refractivity contribution in [2.75, 3.05) is 6.54 Å². The summed E-state index contributed by atoms with van der Waals surface area (Å²) < 4.78 is 0. The number of fused-ring (bicyclic) bond motifs is 4. The van der Waals surface area contributed by atoms with Crippen LogP contribution in [0.25, 0.3) is 0 Å². The second-order valence-electron chi connectivity index (χ2n) is 5.71. The number of hydrogen-bond acceptors (Lipinski definition) is 3. The van der Waals surface area contributed by atoms with Crippen molar-refractivity contribution in [2.45, 2.75) is 25.4 Å². The molecule has 102 valence electrons. The van der Waals surface area contributed by atoms with Gasteiger partial charge in [0.25, 0.3) is 0 Å². The predicted octanol–water partition coefficient (Wildman–Crippen LogP) is 2.75. The first kappa shape index (κ1) is 11.8. The Morgan fingerprint density at radius 3 is 2.55 bits per heavy atom. The molecule has 2 heterocycles. The highest BCUT2D eigenvalue weighted by Gasteiger charge is 2.34. The first-order valence-electron chi connectivity index (χ1n) is 7.08. The van der Waals surface area contributed by atoms with Crippen LogP contribution in [0, 0.1) is 0 Å². The molecule has 0 aromatic heterocycles. The SMILES string of the molecule is Oc1ccc(O)c2c1CCN1Cc3ccccc3CC21. The Kier molecular flexibility index (Phi) is 2.51. The van der Waals surface area contributed by atoms with Gasteiger partial charge in [0.15, 0.2) is 0 Å². The lowest BCUT2D eigenvalue weighted by atomic mass is 9.83. The largest absolute Gasteiger partial charge is 0.508 e. The van der Waals surface area contributed by atoms with Crippen LogP contribution in [-0.4, -0.2) is 21.7 Å². The van der Waals surface area contributed by atoms with E-state index in [1.165, 1.54) is 11.1 Å². The smallest absolute Gasteiger partial charge is 0.120 e. The first-order valence-corrected chi connectivity index (χ1v) is 7.08. The summed E-state index contributed by atoms with van der Waals surface area (Å²) in [5.41, 5.74) is 4.58. The molecule has 2 aromatic carbocycles. The molecule has 2 N–H and O–H groups in total. The van der Waals surface area contributed by atoms with Gasteiger partial charge in [-0.3, -0.25) is 4.90 Å². The van der Waals surface area contributed by atoms with E-state index >= 15 is 0 Å². The predicted molar refractivity (Wildman–Crippen MR) is 76.8 cm³/mol. The summed E-state index contributed by atoms with van der Waals surface area (Å²) in [5, 5.41) is 20.3. The van der Waals surface area contributed by atoms with Crippen molar-refractivity contribution >= 4 is 0 Å². The Balaban J connectivity index is 1.84. The van der Waals surface area contributed by atoms with Crippen molar-refractivity contribution < 1.29 is 10.2 Å². The molecular formula is C17H17NO2. The number of hydrogen-bond donors (Lipinski definition) is 2. The van der Waals surface area contributed by atoms with Crippen molar-refractivity contribution in [3.8, 4) is 11.5 Å². The molecule has 4 rings (SSSR count). The summed E-state index contributed by atoms with van der Waals surface area (Å²) in [7, 11) is 0. The van der Waals surface area contributed by atoms with Gasteiger partial charge in [-0.1, -0.05) is 24.3 Å². The third-order valence-electron chi connectivity index (χ3n) is 4.64. The van der Waals surface area contributed by atoms with Crippen LogP contribution in [0.4, 0.5) is 0 Å². The second kappa shape index (κ2) is 4.25. The average Bonchev–Trinajstić information content (AvgIpc) is 2.48. The molecule has 2 aliphatic rings. The molecule has 3 heteroatoms. The van der Waals surface area contributed by atoms with E-state index in [1.807, 2.05) is 0 Å². The maximum atomic E-state index is 10.2. The van der Waals surface area contributed by atoms with Gasteiger partial charge in [-0.15, -0.1) is 0 Å². The Labute approximate surface area is 118 Å². The fourth-order valence-corrected chi connectivity index (χ4v) is 3.63. The van der Waals surface area contributed by atoms with E-state index in [-0.39, 0.29) is 6.04 Å². The van der Waals surface area contributed by atoms with Crippen LogP contribution < -0.4 is 0 Å². The molecule has 1 unspecified atom stereocenters. The number of aromatic hydroxyl groups is 2. The highest BCUT2D eigenvalue weighted by Crippen LogP contribution is 2.44. The molecule has 0 bridgehead atoms.